The Balaban J connectivity index is 2.01. The summed E-state index contributed by atoms with van der Waals surface area (Å²) in [5.74, 6) is -0.644. The lowest BCUT2D eigenvalue weighted by molar-refractivity contribution is -0.123. The molecule has 136 valence electrons. The maximum absolute atomic E-state index is 12.3. The molecule has 6 heteroatoms. The second-order valence-electron chi connectivity index (χ2n) is 6.04. The fourth-order valence-corrected chi connectivity index (χ4v) is 2.51. The first kappa shape index (κ1) is 19.2. The van der Waals surface area contributed by atoms with Gasteiger partial charge in [0.1, 0.15) is 6.54 Å². The van der Waals surface area contributed by atoms with Crippen LogP contribution in [0.15, 0.2) is 48.5 Å². The molecule has 0 unspecified atom stereocenters. The lowest BCUT2D eigenvalue weighted by atomic mass is 10.1. The van der Waals surface area contributed by atoms with E-state index in [1.165, 1.54) is 18.7 Å². The van der Waals surface area contributed by atoms with Crippen LogP contribution in [0.5, 0.6) is 0 Å². The molecule has 0 fully saturated rings. The molecule has 0 aliphatic carbocycles. The van der Waals surface area contributed by atoms with Crippen LogP contribution in [0.3, 0.4) is 0 Å². The zero-order chi connectivity index (χ0) is 19.1. The third-order valence-electron chi connectivity index (χ3n) is 3.92. The zero-order valence-corrected chi connectivity index (χ0v) is 15.2. The summed E-state index contributed by atoms with van der Waals surface area (Å²) in [6, 6.07) is 14.6. The van der Waals surface area contributed by atoms with Gasteiger partial charge >= 0.3 is 0 Å². The monoisotopic (exact) mass is 353 g/mol. The molecule has 6 nitrogen and oxygen atoms in total. The number of hydrogen-bond acceptors (Lipinski definition) is 3. The molecule has 2 aromatic rings. The predicted octanol–water partition coefficient (Wildman–Crippen LogP) is 2.62. The summed E-state index contributed by atoms with van der Waals surface area (Å²) in [6.07, 6.45) is 0. The number of nitrogens with one attached hydrogen (secondary N) is 2. The Morgan fingerprint density at radius 1 is 0.962 bits per heavy atom. The van der Waals surface area contributed by atoms with Crippen molar-refractivity contribution in [2.24, 2.45) is 0 Å². The molecule has 0 heterocycles. The van der Waals surface area contributed by atoms with E-state index in [1.54, 1.807) is 24.3 Å². The topological polar surface area (TPSA) is 78.5 Å². The van der Waals surface area contributed by atoms with Crippen molar-refractivity contribution in [3.63, 3.8) is 0 Å². The van der Waals surface area contributed by atoms with Crippen LogP contribution in [0, 0.1) is 6.92 Å². The van der Waals surface area contributed by atoms with E-state index >= 15 is 0 Å². The summed E-state index contributed by atoms with van der Waals surface area (Å²) in [4.78, 5) is 36.7. The summed E-state index contributed by atoms with van der Waals surface area (Å²) in [7, 11) is 0. The molecule has 0 aliphatic heterocycles. The maximum atomic E-state index is 12.3. The van der Waals surface area contributed by atoms with Crippen LogP contribution in [0.1, 0.15) is 25.0 Å². The summed E-state index contributed by atoms with van der Waals surface area (Å²) in [5, 5.41) is 5.51. The van der Waals surface area contributed by atoms with E-state index in [-0.39, 0.29) is 24.3 Å². The highest BCUT2D eigenvalue weighted by Crippen LogP contribution is 2.18. The van der Waals surface area contributed by atoms with Gasteiger partial charge in [0.25, 0.3) is 0 Å². The molecular weight excluding hydrogens is 330 g/mol. The lowest BCUT2D eigenvalue weighted by Gasteiger charge is -2.21. The smallest absolute Gasteiger partial charge is 0.240 e. The number of aryl methyl sites for hydroxylation is 1. The lowest BCUT2D eigenvalue weighted by Crippen LogP contribution is -2.39. The average molecular weight is 353 g/mol. The van der Waals surface area contributed by atoms with Crippen molar-refractivity contribution in [3.8, 4) is 0 Å². The molecule has 2 rings (SSSR count). The van der Waals surface area contributed by atoms with Crippen molar-refractivity contribution in [2.45, 2.75) is 27.3 Å². The maximum Gasteiger partial charge on any atom is 0.240 e. The summed E-state index contributed by atoms with van der Waals surface area (Å²) >= 11 is 0. The van der Waals surface area contributed by atoms with Crippen molar-refractivity contribution in [2.75, 3.05) is 16.8 Å². The molecule has 0 saturated carbocycles. The van der Waals surface area contributed by atoms with Crippen LogP contribution < -0.4 is 15.5 Å². The third kappa shape index (κ3) is 5.44. The van der Waals surface area contributed by atoms with Crippen molar-refractivity contribution in [1.29, 1.82) is 0 Å². The van der Waals surface area contributed by atoms with E-state index in [9.17, 15) is 14.4 Å². The first-order chi connectivity index (χ1) is 12.4. The number of amides is 3. The Hall–Kier alpha value is -3.15. The molecule has 2 N–H and O–H groups in total. The van der Waals surface area contributed by atoms with Gasteiger partial charge in [0.05, 0.1) is 0 Å². The van der Waals surface area contributed by atoms with Crippen LogP contribution in [-0.2, 0) is 20.9 Å². The number of hydrogen-bond donors (Lipinski definition) is 2. The first-order valence-corrected chi connectivity index (χ1v) is 8.34. The quantitative estimate of drug-likeness (QED) is 0.838. The van der Waals surface area contributed by atoms with E-state index in [1.807, 2.05) is 31.2 Å². The summed E-state index contributed by atoms with van der Waals surface area (Å²) in [5.41, 5.74) is 3.37. The largest absolute Gasteiger partial charge is 0.350 e. The molecule has 0 aromatic heterocycles. The van der Waals surface area contributed by atoms with Crippen LogP contribution in [0.4, 0.5) is 11.4 Å². The Kier molecular flexibility index (Phi) is 6.49. The Bertz CT molecular complexity index is 800. The standard InChI is InChI=1S/C20H23N3O3/c1-14-6-4-5-7-17(14)12-21-20(26)13-23(16(3)25)19-10-8-18(9-11-19)22-15(2)24/h4-11H,12-13H2,1-3H3,(H,21,26)(H,22,24). The number of nitrogens with zero attached hydrogens (tertiary/aromatic N) is 1. The first-order valence-electron chi connectivity index (χ1n) is 8.34. The molecule has 0 atom stereocenters. The van der Waals surface area contributed by atoms with Crippen molar-refractivity contribution in [1.82, 2.24) is 5.32 Å². The van der Waals surface area contributed by atoms with Gasteiger partial charge in [-0.3, -0.25) is 14.4 Å². The van der Waals surface area contributed by atoms with Crippen molar-refractivity contribution < 1.29 is 14.4 Å². The Labute approximate surface area is 153 Å². The minimum Gasteiger partial charge on any atom is -0.350 e. The molecule has 3 amide bonds. The predicted molar refractivity (Wildman–Crippen MR) is 102 cm³/mol. The second-order valence-corrected chi connectivity index (χ2v) is 6.04. The van der Waals surface area contributed by atoms with E-state index in [0.29, 0.717) is 17.9 Å². The minimum absolute atomic E-state index is 0.0688. The summed E-state index contributed by atoms with van der Waals surface area (Å²) < 4.78 is 0. The molecule has 2 aromatic carbocycles. The van der Waals surface area contributed by atoms with Crippen molar-refractivity contribution >= 4 is 29.1 Å². The number of rotatable bonds is 6. The Morgan fingerprint density at radius 3 is 2.19 bits per heavy atom. The van der Waals surface area contributed by atoms with Gasteiger partial charge in [-0.25, -0.2) is 0 Å². The van der Waals surface area contributed by atoms with Gasteiger partial charge < -0.3 is 15.5 Å². The highest BCUT2D eigenvalue weighted by Gasteiger charge is 2.16. The fraction of sp³-hybridized carbons (Fsp3) is 0.250. The molecule has 0 saturated heterocycles. The van der Waals surface area contributed by atoms with Crippen LogP contribution in [0.2, 0.25) is 0 Å². The van der Waals surface area contributed by atoms with E-state index in [2.05, 4.69) is 10.6 Å². The molecule has 0 spiro atoms. The molecule has 26 heavy (non-hydrogen) atoms. The SMILES string of the molecule is CC(=O)Nc1ccc(N(CC(=O)NCc2ccccc2C)C(C)=O)cc1. The Morgan fingerprint density at radius 2 is 1.62 bits per heavy atom. The molecule has 0 radical (unpaired) electrons. The highest BCUT2D eigenvalue weighted by molar-refractivity contribution is 5.97. The number of carbonyl (C=O) groups excluding carboxylic acids is 3. The normalized spacial score (nSPS) is 10.1. The number of carbonyl (C=O) groups is 3. The number of anilines is 2. The zero-order valence-electron chi connectivity index (χ0n) is 15.2. The van der Waals surface area contributed by atoms with Crippen LogP contribution in [0.25, 0.3) is 0 Å². The summed E-state index contributed by atoms with van der Waals surface area (Å²) in [6.45, 7) is 5.17. The molecule has 0 aliphatic rings. The van der Waals surface area contributed by atoms with Crippen molar-refractivity contribution in [3.05, 3.63) is 59.7 Å². The highest BCUT2D eigenvalue weighted by atomic mass is 16.2. The van der Waals surface area contributed by atoms with Gasteiger partial charge in [-0.1, -0.05) is 24.3 Å². The fourth-order valence-electron chi connectivity index (χ4n) is 2.51. The van der Waals surface area contributed by atoms with Crippen LogP contribution >= 0.6 is 0 Å². The molecular formula is C20H23N3O3. The molecule has 0 bridgehead atoms. The van der Waals surface area contributed by atoms with Gasteiger partial charge in [-0.15, -0.1) is 0 Å². The second kappa shape index (κ2) is 8.80. The number of benzene rings is 2. The van der Waals surface area contributed by atoms with E-state index in [0.717, 1.165) is 11.1 Å². The minimum atomic E-state index is -0.241. The van der Waals surface area contributed by atoms with Crippen LogP contribution in [-0.4, -0.2) is 24.3 Å². The van der Waals surface area contributed by atoms with Gasteiger partial charge in [-0.05, 0) is 42.3 Å². The van der Waals surface area contributed by atoms with E-state index < -0.39 is 0 Å². The van der Waals surface area contributed by atoms with E-state index in [4.69, 9.17) is 0 Å². The van der Waals surface area contributed by atoms with Gasteiger partial charge in [0.15, 0.2) is 0 Å². The van der Waals surface area contributed by atoms with Gasteiger partial charge in [0.2, 0.25) is 17.7 Å². The van der Waals surface area contributed by atoms with Gasteiger partial charge in [-0.2, -0.15) is 0 Å². The average Bonchev–Trinajstić information content (AvgIpc) is 2.59. The third-order valence-corrected chi connectivity index (χ3v) is 3.92. The van der Waals surface area contributed by atoms with Gasteiger partial charge in [0, 0.05) is 31.8 Å².